The highest BCUT2D eigenvalue weighted by Gasteiger charge is 2.33. The maximum Gasteiger partial charge on any atom is 0.255 e. The first-order valence-electron chi connectivity index (χ1n) is 7.16. The molecule has 2 aromatic carbocycles. The minimum atomic E-state index is -0.344. The van der Waals surface area contributed by atoms with E-state index in [1.54, 1.807) is 4.90 Å². The molecule has 0 fully saturated rings. The van der Waals surface area contributed by atoms with Gasteiger partial charge in [-0.3, -0.25) is 9.69 Å². The van der Waals surface area contributed by atoms with Crippen LogP contribution < -0.4 is 10.2 Å². The van der Waals surface area contributed by atoms with Gasteiger partial charge in [0.2, 0.25) is 0 Å². The minimum Gasteiger partial charge on any atom is -0.355 e. The smallest absolute Gasteiger partial charge is 0.255 e. The maximum atomic E-state index is 12.6. The normalized spacial score (nSPS) is 17.2. The average Bonchev–Trinajstić information content (AvgIpc) is 2.55. The van der Waals surface area contributed by atoms with E-state index in [9.17, 15) is 4.79 Å². The Labute approximate surface area is 127 Å². The number of aromatic nitrogens is 2. The van der Waals surface area contributed by atoms with Crippen LogP contribution in [0.15, 0.2) is 54.6 Å². The van der Waals surface area contributed by atoms with Gasteiger partial charge in [-0.15, -0.1) is 0 Å². The Hall–Kier alpha value is -2.95. The minimum absolute atomic E-state index is 0.0386. The molecule has 22 heavy (non-hydrogen) atoms. The van der Waals surface area contributed by atoms with Gasteiger partial charge in [-0.25, -0.2) is 9.97 Å². The Balaban J connectivity index is 1.96. The van der Waals surface area contributed by atoms with Crippen molar-refractivity contribution in [2.24, 2.45) is 0 Å². The molecule has 4 rings (SSSR count). The largest absolute Gasteiger partial charge is 0.355 e. The van der Waals surface area contributed by atoms with Gasteiger partial charge in [-0.1, -0.05) is 30.3 Å². The van der Waals surface area contributed by atoms with Crippen LogP contribution in [0.3, 0.4) is 0 Å². The van der Waals surface area contributed by atoms with E-state index in [4.69, 9.17) is 0 Å². The molecule has 1 atom stereocenters. The van der Waals surface area contributed by atoms with E-state index in [2.05, 4.69) is 15.3 Å². The fourth-order valence-electron chi connectivity index (χ4n) is 2.63. The number of rotatable bonds is 1. The lowest BCUT2D eigenvalue weighted by Crippen LogP contribution is -2.44. The Morgan fingerprint density at radius 3 is 2.32 bits per heavy atom. The summed E-state index contributed by atoms with van der Waals surface area (Å²) in [6.45, 7) is 1.83. The SMILES string of the molecule is C[C@@H]1Nc2nc3ccccc3nc2N(c2ccccc2)C1=O. The highest BCUT2D eigenvalue weighted by molar-refractivity contribution is 6.09. The molecule has 1 aliphatic rings. The third kappa shape index (κ3) is 1.90. The fraction of sp³-hybridized carbons (Fsp3) is 0.118. The predicted octanol–water partition coefficient (Wildman–Crippen LogP) is 3.11. The summed E-state index contributed by atoms with van der Waals surface area (Å²) < 4.78 is 0. The lowest BCUT2D eigenvalue weighted by Gasteiger charge is -2.32. The van der Waals surface area contributed by atoms with E-state index < -0.39 is 0 Å². The van der Waals surface area contributed by atoms with Crippen LogP contribution in [0.1, 0.15) is 6.92 Å². The third-order valence-corrected chi connectivity index (χ3v) is 3.72. The van der Waals surface area contributed by atoms with Crippen LogP contribution in [-0.2, 0) is 4.79 Å². The summed E-state index contributed by atoms with van der Waals surface area (Å²) in [5.74, 6) is 1.14. The quantitative estimate of drug-likeness (QED) is 0.748. The Kier molecular flexibility index (Phi) is 2.79. The molecule has 0 unspecified atom stereocenters. The number of benzene rings is 2. The molecule has 3 aromatic rings. The molecule has 0 spiro atoms. The zero-order valence-electron chi connectivity index (χ0n) is 12.0. The van der Waals surface area contributed by atoms with Crippen molar-refractivity contribution >= 4 is 34.3 Å². The van der Waals surface area contributed by atoms with Gasteiger partial charge in [-0.2, -0.15) is 0 Å². The van der Waals surface area contributed by atoms with E-state index in [-0.39, 0.29) is 11.9 Å². The van der Waals surface area contributed by atoms with E-state index in [1.165, 1.54) is 0 Å². The summed E-state index contributed by atoms with van der Waals surface area (Å²) >= 11 is 0. The summed E-state index contributed by atoms with van der Waals surface area (Å²) in [5, 5.41) is 3.14. The van der Waals surface area contributed by atoms with Crippen molar-refractivity contribution in [3.63, 3.8) is 0 Å². The van der Waals surface area contributed by atoms with Crippen LogP contribution in [-0.4, -0.2) is 21.9 Å². The number of anilines is 3. The molecule has 108 valence electrons. The molecule has 0 bridgehead atoms. The summed E-state index contributed by atoms with van der Waals surface area (Å²) in [4.78, 5) is 23.5. The fourth-order valence-corrected chi connectivity index (χ4v) is 2.63. The lowest BCUT2D eigenvalue weighted by atomic mass is 10.2. The van der Waals surface area contributed by atoms with Crippen LogP contribution in [0.2, 0.25) is 0 Å². The van der Waals surface area contributed by atoms with E-state index in [0.29, 0.717) is 11.6 Å². The number of nitrogens with one attached hydrogen (secondary N) is 1. The Bertz CT molecular complexity index is 863. The molecule has 0 saturated heterocycles. The van der Waals surface area contributed by atoms with Crippen molar-refractivity contribution in [1.82, 2.24) is 9.97 Å². The molecule has 1 amide bonds. The second-order valence-electron chi connectivity index (χ2n) is 5.26. The second kappa shape index (κ2) is 4.80. The highest BCUT2D eigenvalue weighted by atomic mass is 16.2. The number of para-hydroxylation sites is 3. The highest BCUT2D eigenvalue weighted by Crippen LogP contribution is 2.35. The molecular formula is C17H14N4O. The number of amides is 1. The first kappa shape index (κ1) is 12.8. The van der Waals surface area contributed by atoms with Gasteiger partial charge in [0.15, 0.2) is 11.6 Å². The van der Waals surface area contributed by atoms with Crippen LogP contribution in [0.4, 0.5) is 17.3 Å². The molecule has 1 N–H and O–H groups in total. The van der Waals surface area contributed by atoms with E-state index >= 15 is 0 Å². The summed E-state index contributed by atoms with van der Waals surface area (Å²) in [6, 6.07) is 16.8. The predicted molar refractivity (Wildman–Crippen MR) is 86.2 cm³/mol. The van der Waals surface area contributed by atoms with Crippen molar-refractivity contribution in [1.29, 1.82) is 0 Å². The average molecular weight is 290 g/mol. The summed E-state index contributed by atoms with van der Waals surface area (Å²) in [5.41, 5.74) is 2.38. The maximum absolute atomic E-state index is 12.6. The number of hydrogen-bond donors (Lipinski definition) is 1. The molecule has 1 aliphatic heterocycles. The summed E-state index contributed by atoms with van der Waals surface area (Å²) in [7, 11) is 0. The lowest BCUT2D eigenvalue weighted by molar-refractivity contribution is -0.118. The molecule has 2 heterocycles. The molecule has 1 aromatic heterocycles. The van der Waals surface area contributed by atoms with Gasteiger partial charge >= 0.3 is 0 Å². The van der Waals surface area contributed by atoms with Crippen LogP contribution in [0, 0.1) is 0 Å². The van der Waals surface area contributed by atoms with Gasteiger partial charge in [0.05, 0.1) is 16.7 Å². The van der Waals surface area contributed by atoms with Crippen molar-refractivity contribution < 1.29 is 4.79 Å². The van der Waals surface area contributed by atoms with Crippen molar-refractivity contribution in [2.45, 2.75) is 13.0 Å². The molecule has 5 heteroatoms. The van der Waals surface area contributed by atoms with E-state index in [0.717, 1.165) is 16.7 Å². The number of carbonyl (C=O) groups excluding carboxylic acids is 1. The van der Waals surface area contributed by atoms with Gasteiger partial charge in [0.25, 0.3) is 5.91 Å². The molecule has 0 radical (unpaired) electrons. The number of nitrogens with zero attached hydrogens (tertiary/aromatic N) is 3. The topological polar surface area (TPSA) is 58.1 Å². The van der Waals surface area contributed by atoms with Gasteiger partial charge < -0.3 is 5.32 Å². The van der Waals surface area contributed by atoms with Crippen LogP contribution in [0.5, 0.6) is 0 Å². The number of fused-ring (bicyclic) bond motifs is 2. The zero-order chi connectivity index (χ0) is 15.1. The van der Waals surface area contributed by atoms with Gasteiger partial charge in [-0.05, 0) is 31.2 Å². The van der Waals surface area contributed by atoms with Crippen molar-refractivity contribution in [3.05, 3.63) is 54.6 Å². The first-order chi connectivity index (χ1) is 10.7. The zero-order valence-corrected chi connectivity index (χ0v) is 12.0. The standard InChI is InChI=1S/C17H14N4O/c1-11-17(22)21(12-7-3-2-4-8-12)16-15(18-11)19-13-9-5-6-10-14(13)20-16/h2-11H,1H3,(H,18,19)/t11-/m0/s1. The van der Waals surface area contributed by atoms with Crippen molar-refractivity contribution in [2.75, 3.05) is 10.2 Å². The number of carbonyl (C=O) groups is 1. The van der Waals surface area contributed by atoms with Gasteiger partial charge in [0.1, 0.15) is 6.04 Å². The third-order valence-electron chi connectivity index (χ3n) is 3.72. The monoisotopic (exact) mass is 290 g/mol. The first-order valence-corrected chi connectivity index (χ1v) is 7.16. The molecular weight excluding hydrogens is 276 g/mol. The summed E-state index contributed by atoms with van der Waals surface area (Å²) in [6.07, 6.45) is 0. The second-order valence-corrected chi connectivity index (χ2v) is 5.26. The molecule has 5 nitrogen and oxygen atoms in total. The van der Waals surface area contributed by atoms with Crippen molar-refractivity contribution in [3.8, 4) is 0 Å². The Morgan fingerprint density at radius 2 is 1.59 bits per heavy atom. The number of hydrogen-bond acceptors (Lipinski definition) is 4. The Morgan fingerprint density at radius 1 is 0.955 bits per heavy atom. The van der Waals surface area contributed by atoms with E-state index in [1.807, 2.05) is 61.5 Å². The van der Waals surface area contributed by atoms with Crippen LogP contribution >= 0.6 is 0 Å². The van der Waals surface area contributed by atoms with Gasteiger partial charge in [0, 0.05) is 0 Å². The molecule has 0 saturated carbocycles. The molecule has 0 aliphatic carbocycles. The van der Waals surface area contributed by atoms with Crippen LogP contribution in [0.25, 0.3) is 11.0 Å².